The molecule has 0 spiro atoms. The predicted molar refractivity (Wildman–Crippen MR) is 92.6 cm³/mol. The van der Waals surface area contributed by atoms with Crippen molar-refractivity contribution in [2.24, 2.45) is 5.73 Å². The molecule has 0 unspecified atom stereocenters. The van der Waals surface area contributed by atoms with Crippen molar-refractivity contribution in [3.8, 4) is 6.19 Å². The maximum Gasteiger partial charge on any atom is 0.333 e. The fourth-order valence-electron chi connectivity index (χ4n) is 1.95. The molecule has 138 valence electrons. The van der Waals surface area contributed by atoms with Gasteiger partial charge in [0.25, 0.3) is 0 Å². The molecule has 4 N–H and O–H groups in total. The fraction of sp³-hybridized carbons (Fsp3) is 0.706. The molecule has 1 aliphatic carbocycles. The highest BCUT2D eigenvalue weighted by atomic mass is 16.5. The average molecular weight is 341 g/mol. The molecule has 0 saturated heterocycles. The normalized spacial score (nSPS) is 15.5. The predicted octanol–water partition coefficient (Wildman–Crippen LogP) is 1.76. The van der Waals surface area contributed by atoms with Gasteiger partial charge in [-0.05, 0) is 39.0 Å². The Morgan fingerprint density at radius 1 is 1.46 bits per heavy atom. The van der Waals surface area contributed by atoms with Gasteiger partial charge in [0.05, 0.1) is 12.7 Å². The first kappa shape index (κ1) is 24.2. The van der Waals surface area contributed by atoms with E-state index in [2.05, 4.69) is 11.1 Å². The van der Waals surface area contributed by atoms with Crippen LogP contribution in [0.25, 0.3) is 0 Å². The summed E-state index contributed by atoms with van der Waals surface area (Å²) in [6.07, 6.45) is 7.03. The number of aliphatic hydroxyl groups excluding tert-OH is 1. The van der Waals surface area contributed by atoms with Crippen LogP contribution in [0, 0.1) is 11.5 Å². The summed E-state index contributed by atoms with van der Waals surface area (Å²) in [5, 5.41) is 18.6. The molecule has 1 rings (SSSR count). The van der Waals surface area contributed by atoms with Crippen molar-refractivity contribution >= 4 is 11.9 Å². The van der Waals surface area contributed by atoms with Crippen molar-refractivity contribution in [2.45, 2.75) is 71.9 Å². The van der Waals surface area contributed by atoms with Crippen LogP contribution < -0.4 is 11.1 Å². The Labute approximate surface area is 144 Å². The highest BCUT2D eigenvalue weighted by molar-refractivity contribution is 5.88. The summed E-state index contributed by atoms with van der Waals surface area (Å²) in [7, 11) is 0. The minimum atomic E-state index is -0.223. The van der Waals surface area contributed by atoms with E-state index in [0.717, 1.165) is 24.8 Å². The number of amides is 1. The monoisotopic (exact) mass is 341 g/mol. The molecule has 7 nitrogen and oxygen atoms in total. The average Bonchev–Trinajstić information content (AvgIpc) is 2.55. The third kappa shape index (κ3) is 13.6. The van der Waals surface area contributed by atoms with E-state index in [4.69, 9.17) is 15.1 Å². The molecule has 1 aliphatic rings. The molecule has 0 aliphatic heterocycles. The number of carbonyl (C=O) groups is 2. The van der Waals surface area contributed by atoms with Gasteiger partial charge in [0.15, 0.2) is 6.19 Å². The molecule has 1 amide bonds. The minimum Gasteiger partial charge on any atom is -0.463 e. The topological polar surface area (TPSA) is 125 Å². The lowest BCUT2D eigenvalue weighted by molar-refractivity contribution is -0.138. The molecule has 0 fully saturated rings. The maximum atomic E-state index is 11.3. The van der Waals surface area contributed by atoms with Crippen LogP contribution in [0.1, 0.15) is 59.8 Å². The zero-order valence-corrected chi connectivity index (χ0v) is 15.2. The molecule has 0 aromatic carbocycles. The Hall–Kier alpha value is -2.07. The summed E-state index contributed by atoms with van der Waals surface area (Å²) >= 11 is 0. The van der Waals surface area contributed by atoms with Crippen LogP contribution in [0.3, 0.4) is 0 Å². The van der Waals surface area contributed by atoms with Gasteiger partial charge < -0.3 is 20.9 Å². The molecule has 0 saturated carbocycles. The minimum absolute atomic E-state index is 0.0204. The molecule has 0 radical (unpaired) electrons. The number of aliphatic hydroxyl groups is 1. The SMILES string of the molecule is CCC(O)CC.CCOC(=O)C1=CC[C@H](NC(C)=O)CC1.N#CN. The van der Waals surface area contributed by atoms with Gasteiger partial charge in [0, 0.05) is 18.5 Å². The second-order valence-corrected chi connectivity index (χ2v) is 5.22. The first-order valence-corrected chi connectivity index (χ1v) is 8.26. The smallest absolute Gasteiger partial charge is 0.333 e. The second-order valence-electron chi connectivity index (χ2n) is 5.22. The molecule has 0 aromatic rings. The Kier molecular flexibility index (Phi) is 15.9. The Balaban J connectivity index is 0. The first-order chi connectivity index (χ1) is 11.4. The maximum absolute atomic E-state index is 11.3. The van der Waals surface area contributed by atoms with E-state index < -0.39 is 0 Å². The number of hydrogen-bond acceptors (Lipinski definition) is 6. The molecule has 7 heteroatoms. The largest absolute Gasteiger partial charge is 0.463 e. The molecule has 1 atom stereocenters. The summed E-state index contributed by atoms with van der Waals surface area (Å²) in [4.78, 5) is 22.2. The number of nitrogens with zero attached hydrogens (tertiary/aromatic N) is 1. The molecule has 0 bridgehead atoms. The van der Waals surface area contributed by atoms with Gasteiger partial charge >= 0.3 is 5.97 Å². The van der Waals surface area contributed by atoms with Crippen LogP contribution in [0.5, 0.6) is 0 Å². The lowest BCUT2D eigenvalue weighted by atomic mass is 9.95. The van der Waals surface area contributed by atoms with Crippen LogP contribution in [0.4, 0.5) is 0 Å². The zero-order chi connectivity index (χ0) is 19.0. The summed E-state index contributed by atoms with van der Waals surface area (Å²) in [5.74, 6) is -0.244. The molecule has 0 heterocycles. The van der Waals surface area contributed by atoms with E-state index in [1.54, 1.807) is 6.92 Å². The van der Waals surface area contributed by atoms with Crippen molar-refractivity contribution < 1.29 is 19.4 Å². The van der Waals surface area contributed by atoms with Crippen molar-refractivity contribution in [3.05, 3.63) is 11.6 Å². The number of esters is 1. The number of nitriles is 1. The lowest BCUT2D eigenvalue weighted by Gasteiger charge is -2.21. The molecular formula is C17H31N3O4. The second kappa shape index (κ2) is 15.8. The fourth-order valence-corrected chi connectivity index (χ4v) is 1.95. The first-order valence-electron chi connectivity index (χ1n) is 8.26. The van der Waals surface area contributed by atoms with Gasteiger partial charge in [0.1, 0.15) is 0 Å². The summed E-state index contributed by atoms with van der Waals surface area (Å²) < 4.78 is 4.90. The Bertz CT molecular complexity index is 426. The number of carbonyl (C=O) groups excluding carboxylic acids is 2. The lowest BCUT2D eigenvalue weighted by Crippen LogP contribution is -2.34. The van der Waals surface area contributed by atoms with Crippen LogP contribution in [-0.2, 0) is 14.3 Å². The van der Waals surface area contributed by atoms with Gasteiger partial charge in [0.2, 0.25) is 5.91 Å². The van der Waals surface area contributed by atoms with Crippen LogP contribution in [0.2, 0.25) is 0 Å². The molecule has 24 heavy (non-hydrogen) atoms. The van der Waals surface area contributed by atoms with E-state index in [1.165, 1.54) is 13.1 Å². The van der Waals surface area contributed by atoms with Gasteiger partial charge in [-0.3, -0.25) is 4.79 Å². The number of nitrogens with two attached hydrogens (primary N) is 1. The van der Waals surface area contributed by atoms with Crippen molar-refractivity contribution in [1.82, 2.24) is 5.32 Å². The Morgan fingerprint density at radius 2 is 2.00 bits per heavy atom. The van der Waals surface area contributed by atoms with E-state index in [-0.39, 0.29) is 24.0 Å². The Morgan fingerprint density at radius 3 is 2.29 bits per heavy atom. The summed E-state index contributed by atoms with van der Waals surface area (Å²) in [5.41, 5.74) is 4.89. The van der Waals surface area contributed by atoms with Crippen molar-refractivity contribution in [1.29, 1.82) is 5.26 Å². The van der Waals surface area contributed by atoms with Crippen LogP contribution >= 0.6 is 0 Å². The number of rotatable bonds is 5. The quantitative estimate of drug-likeness (QED) is 0.397. The van der Waals surface area contributed by atoms with Gasteiger partial charge in [-0.15, -0.1) is 0 Å². The van der Waals surface area contributed by atoms with E-state index in [0.29, 0.717) is 19.4 Å². The van der Waals surface area contributed by atoms with E-state index in [9.17, 15) is 9.59 Å². The van der Waals surface area contributed by atoms with E-state index >= 15 is 0 Å². The summed E-state index contributed by atoms with van der Waals surface area (Å²) in [6.45, 7) is 7.67. The number of hydrogen-bond donors (Lipinski definition) is 3. The zero-order valence-electron chi connectivity index (χ0n) is 15.2. The summed E-state index contributed by atoms with van der Waals surface area (Å²) in [6, 6.07) is 0.167. The van der Waals surface area contributed by atoms with Crippen LogP contribution in [0.15, 0.2) is 11.6 Å². The van der Waals surface area contributed by atoms with Gasteiger partial charge in [-0.1, -0.05) is 19.9 Å². The molecular weight excluding hydrogens is 310 g/mol. The van der Waals surface area contributed by atoms with Gasteiger partial charge in [-0.2, -0.15) is 5.26 Å². The highest BCUT2D eigenvalue weighted by Crippen LogP contribution is 2.19. The third-order valence-electron chi connectivity index (χ3n) is 3.30. The number of ether oxygens (including phenoxy) is 1. The third-order valence-corrected chi connectivity index (χ3v) is 3.30. The van der Waals surface area contributed by atoms with Crippen molar-refractivity contribution in [3.63, 3.8) is 0 Å². The molecule has 0 aromatic heterocycles. The highest BCUT2D eigenvalue weighted by Gasteiger charge is 2.19. The standard InChI is InChI=1S/C11H17NO3.C5H12O.CH2N2/c1-3-15-11(14)9-4-6-10(7-5-9)12-8(2)13;1-3-5(6)4-2;2-1-3/h4,10H,3,5-7H2,1-2H3,(H,12,13);5-6H,3-4H2,1-2H3;2H2/t10-;;/m0../s1. The van der Waals surface area contributed by atoms with Crippen molar-refractivity contribution in [2.75, 3.05) is 6.61 Å². The van der Waals surface area contributed by atoms with Gasteiger partial charge in [-0.25, -0.2) is 4.79 Å². The number of nitrogens with one attached hydrogen (secondary N) is 1. The van der Waals surface area contributed by atoms with E-state index in [1.807, 2.05) is 19.9 Å². The van der Waals surface area contributed by atoms with Crippen LogP contribution in [-0.4, -0.2) is 35.7 Å².